The number of thiophene rings is 1. The highest BCUT2D eigenvalue weighted by Gasteiger charge is 2.20. The van der Waals surface area contributed by atoms with Crippen LogP contribution >= 0.6 is 27.3 Å². The van der Waals surface area contributed by atoms with Crippen molar-refractivity contribution < 1.29 is 9.59 Å². The number of hydrogen-bond acceptors (Lipinski definition) is 5. The Morgan fingerprint density at radius 2 is 1.71 bits per heavy atom. The van der Waals surface area contributed by atoms with Crippen molar-refractivity contribution in [3.63, 3.8) is 0 Å². The van der Waals surface area contributed by atoms with Gasteiger partial charge in [0.2, 0.25) is 5.91 Å². The van der Waals surface area contributed by atoms with E-state index in [0.29, 0.717) is 32.0 Å². The van der Waals surface area contributed by atoms with Crippen molar-refractivity contribution in [1.29, 1.82) is 0 Å². The minimum atomic E-state index is -0.358. The lowest BCUT2D eigenvalue weighted by Gasteiger charge is -2.07. The number of halogens is 1. The maximum absolute atomic E-state index is 13.0. The van der Waals surface area contributed by atoms with Crippen molar-refractivity contribution in [3.8, 4) is 0 Å². The van der Waals surface area contributed by atoms with Gasteiger partial charge in [0, 0.05) is 15.8 Å². The van der Waals surface area contributed by atoms with E-state index in [1.807, 2.05) is 30.3 Å². The fraction of sp³-hybridized carbons (Fsp3) is 0.0909. The molecule has 2 heterocycles. The van der Waals surface area contributed by atoms with E-state index in [1.54, 1.807) is 31.2 Å². The fourth-order valence-electron chi connectivity index (χ4n) is 3.09. The molecule has 0 aliphatic rings. The van der Waals surface area contributed by atoms with Crippen LogP contribution in [0.2, 0.25) is 0 Å². The van der Waals surface area contributed by atoms with Crippen LogP contribution in [-0.2, 0) is 11.3 Å². The van der Waals surface area contributed by atoms with Gasteiger partial charge in [-0.3, -0.25) is 19.0 Å². The second-order valence-electron chi connectivity index (χ2n) is 6.79. The molecule has 0 unspecified atom stereocenters. The van der Waals surface area contributed by atoms with E-state index in [0.717, 1.165) is 15.8 Å². The van der Waals surface area contributed by atoms with Gasteiger partial charge in [-0.2, -0.15) is 0 Å². The third-order valence-corrected chi connectivity index (χ3v) is 6.32. The Bertz CT molecular complexity index is 1330. The number of benzene rings is 2. The van der Waals surface area contributed by atoms with E-state index in [9.17, 15) is 14.4 Å². The summed E-state index contributed by atoms with van der Waals surface area (Å²) in [6, 6.07) is 16.2. The van der Waals surface area contributed by atoms with Crippen LogP contribution in [0, 0.1) is 6.92 Å². The number of anilines is 2. The summed E-state index contributed by atoms with van der Waals surface area (Å²) in [5.41, 5.74) is 1.48. The summed E-state index contributed by atoms with van der Waals surface area (Å²) in [5, 5.41) is 5.92. The lowest BCUT2D eigenvalue weighted by atomic mass is 10.2. The third-order valence-electron chi connectivity index (χ3n) is 4.60. The summed E-state index contributed by atoms with van der Waals surface area (Å²) in [7, 11) is 0. The first-order valence-corrected chi connectivity index (χ1v) is 10.9. The van der Waals surface area contributed by atoms with Crippen LogP contribution in [0.4, 0.5) is 11.4 Å². The Balaban J connectivity index is 1.57. The number of nitrogens with zero attached hydrogens (tertiary/aromatic N) is 2. The average Bonchev–Trinajstić information content (AvgIpc) is 3.10. The van der Waals surface area contributed by atoms with E-state index in [4.69, 9.17) is 0 Å². The van der Waals surface area contributed by atoms with Crippen LogP contribution in [0.25, 0.3) is 10.2 Å². The molecular formula is C22H17BrN4O3S. The maximum Gasteiger partial charge on any atom is 0.266 e. The minimum absolute atomic E-state index is 0.182. The number of rotatable bonds is 5. The topological polar surface area (TPSA) is 93.1 Å². The molecular weight excluding hydrogens is 480 g/mol. The number of fused-ring (bicyclic) bond motifs is 1. The molecule has 0 aliphatic carbocycles. The monoisotopic (exact) mass is 496 g/mol. The highest BCUT2D eigenvalue weighted by Crippen LogP contribution is 2.27. The predicted octanol–water partition coefficient (Wildman–Crippen LogP) is 4.42. The van der Waals surface area contributed by atoms with Gasteiger partial charge in [-0.1, -0.05) is 34.1 Å². The first-order valence-electron chi connectivity index (χ1n) is 9.33. The number of aromatic nitrogens is 2. The SMILES string of the molecule is Cc1c(C(=O)Nc2ccccc2)sc2ncn(CC(=O)Nc3ccc(Br)cc3)c(=O)c12. The lowest BCUT2D eigenvalue weighted by Crippen LogP contribution is -2.27. The standard InChI is InChI=1S/C22H17BrN4O3S/c1-13-18-21(31-19(13)20(29)26-15-5-3-2-4-6-15)24-12-27(22(18)30)11-17(28)25-16-9-7-14(23)8-10-16/h2-10,12H,11H2,1H3,(H,25,28)(H,26,29). The van der Waals surface area contributed by atoms with Gasteiger partial charge in [0.25, 0.3) is 11.5 Å². The Morgan fingerprint density at radius 3 is 2.42 bits per heavy atom. The van der Waals surface area contributed by atoms with Crippen LogP contribution in [-0.4, -0.2) is 21.4 Å². The summed E-state index contributed by atoms with van der Waals surface area (Å²) in [5.74, 6) is -0.647. The molecule has 0 radical (unpaired) electrons. The van der Waals surface area contributed by atoms with Gasteiger partial charge in [0.1, 0.15) is 11.4 Å². The molecule has 0 saturated heterocycles. The van der Waals surface area contributed by atoms with Crippen molar-refractivity contribution in [2.24, 2.45) is 0 Å². The van der Waals surface area contributed by atoms with Crippen molar-refractivity contribution >= 4 is 60.7 Å². The fourth-order valence-corrected chi connectivity index (χ4v) is 4.39. The Kier molecular flexibility index (Phi) is 5.97. The van der Waals surface area contributed by atoms with Crippen LogP contribution in [0.1, 0.15) is 15.2 Å². The van der Waals surface area contributed by atoms with E-state index in [1.165, 1.54) is 10.9 Å². The zero-order chi connectivity index (χ0) is 22.0. The third kappa shape index (κ3) is 4.57. The molecule has 0 fully saturated rings. The van der Waals surface area contributed by atoms with Crippen LogP contribution in [0.3, 0.4) is 0 Å². The molecule has 0 aliphatic heterocycles. The van der Waals surface area contributed by atoms with Crippen molar-refractivity contribution in [2.75, 3.05) is 10.6 Å². The van der Waals surface area contributed by atoms with Crippen molar-refractivity contribution in [1.82, 2.24) is 9.55 Å². The molecule has 9 heteroatoms. The highest BCUT2D eigenvalue weighted by molar-refractivity contribution is 9.10. The molecule has 2 aromatic heterocycles. The number of para-hydroxylation sites is 1. The first-order chi connectivity index (χ1) is 14.9. The van der Waals surface area contributed by atoms with E-state index in [2.05, 4.69) is 31.5 Å². The summed E-state index contributed by atoms with van der Waals surface area (Å²) in [4.78, 5) is 43.3. The van der Waals surface area contributed by atoms with Crippen LogP contribution in [0.5, 0.6) is 0 Å². The summed E-state index contributed by atoms with van der Waals surface area (Å²) in [6.45, 7) is 1.53. The van der Waals surface area contributed by atoms with E-state index >= 15 is 0 Å². The largest absolute Gasteiger partial charge is 0.325 e. The normalized spacial score (nSPS) is 10.8. The second-order valence-corrected chi connectivity index (χ2v) is 8.70. The van der Waals surface area contributed by atoms with Gasteiger partial charge in [-0.15, -0.1) is 11.3 Å². The number of amides is 2. The summed E-state index contributed by atoms with van der Waals surface area (Å²) >= 11 is 4.50. The number of carbonyl (C=O) groups excluding carboxylic acids is 2. The summed E-state index contributed by atoms with van der Waals surface area (Å²) in [6.07, 6.45) is 1.33. The maximum atomic E-state index is 13.0. The molecule has 0 spiro atoms. The van der Waals surface area contributed by atoms with E-state index < -0.39 is 0 Å². The second kappa shape index (κ2) is 8.83. The number of hydrogen-bond donors (Lipinski definition) is 2. The number of nitrogens with one attached hydrogen (secondary N) is 2. The molecule has 0 bridgehead atoms. The smallest absolute Gasteiger partial charge is 0.266 e. The Hall–Kier alpha value is -3.30. The molecule has 4 aromatic rings. The molecule has 31 heavy (non-hydrogen) atoms. The van der Waals surface area contributed by atoms with Crippen LogP contribution < -0.4 is 16.2 Å². The van der Waals surface area contributed by atoms with E-state index in [-0.39, 0.29) is 23.9 Å². The quantitative estimate of drug-likeness (QED) is 0.427. The van der Waals surface area contributed by atoms with Gasteiger partial charge in [-0.25, -0.2) is 4.98 Å². The molecule has 0 saturated carbocycles. The van der Waals surface area contributed by atoms with Gasteiger partial charge < -0.3 is 10.6 Å². The molecule has 4 rings (SSSR count). The number of aryl methyl sites for hydroxylation is 1. The van der Waals surface area contributed by atoms with Crippen molar-refractivity contribution in [3.05, 3.63) is 86.2 Å². The van der Waals surface area contributed by atoms with Gasteiger partial charge in [0.05, 0.1) is 16.6 Å². The lowest BCUT2D eigenvalue weighted by molar-refractivity contribution is -0.116. The summed E-state index contributed by atoms with van der Waals surface area (Å²) < 4.78 is 2.14. The zero-order valence-electron chi connectivity index (χ0n) is 16.4. The predicted molar refractivity (Wildman–Crippen MR) is 126 cm³/mol. The molecule has 2 amide bonds. The molecule has 156 valence electrons. The van der Waals surface area contributed by atoms with Crippen molar-refractivity contribution in [2.45, 2.75) is 13.5 Å². The molecule has 7 nitrogen and oxygen atoms in total. The number of carbonyl (C=O) groups is 2. The Morgan fingerprint density at radius 1 is 1.03 bits per heavy atom. The van der Waals surface area contributed by atoms with Gasteiger partial charge in [-0.05, 0) is 48.9 Å². The average molecular weight is 497 g/mol. The Labute approximate surface area is 189 Å². The van der Waals surface area contributed by atoms with Crippen LogP contribution in [0.15, 0.2) is 70.2 Å². The minimum Gasteiger partial charge on any atom is -0.325 e. The first kappa shape index (κ1) is 21.0. The highest BCUT2D eigenvalue weighted by atomic mass is 79.9. The molecule has 0 atom stereocenters. The van der Waals surface area contributed by atoms with Gasteiger partial charge >= 0.3 is 0 Å². The van der Waals surface area contributed by atoms with Gasteiger partial charge in [0.15, 0.2) is 0 Å². The molecule has 2 aromatic carbocycles. The molecule has 2 N–H and O–H groups in total. The zero-order valence-corrected chi connectivity index (χ0v) is 18.8.